The van der Waals surface area contributed by atoms with E-state index in [1.165, 1.54) is 38.8 Å². The number of carbonyl (C=O) groups is 1. The molecule has 2 saturated carbocycles. The Morgan fingerprint density at radius 1 is 1.15 bits per heavy atom. The SMILES string of the molecule is O=C(N[C@@H]1C2CCN(CC2)C12CC2)c1cc2ccc(OC3CC3)cc2s1. The summed E-state index contributed by atoms with van der Waals surface area (Å²) in [6.07, 6.45) is 7.71. The minimum Gasteiger partial charge on any atom is -0.490 e. The van der Waals surface area contributed by atoms with Crippen molar-refractivity contribution in [1.82, 2.24) is 10.2 Å². The third-order valence-corrected chi connectivity index (χ3v) is 7.91. The molecular formula is C21H24N2O2S. The van der Waals surface area contributed by atoms with E-state index in [4.69, 9.17) is 4.74 Å². The maximum atomic E-state index is 13.0. The molecule has 3 aliphatic heterocycles. The molecule has 2 bridgehead atoms. The first-order chi connectivity index (χ1) is 12.7. The summed E-state index contributed by atoms with van der Waals surface area (Å²) in [6.45, 7) is 2.45. The number of nitrogens with one attached hydrogen (secondary N) is 1. The number of nitrogens with zero attached hydrogens (tertiary/aromatic N) is 1. The molecule has 2 aromatic rings. The maximum absolute atomic E-state index is 13.0. The fraction of sp³-hybridized carbons (Fsp3) is 0.571. The molecule has 5 aliphatic rings. The normalized spacial score (nSPS) is 31.3. The number of fused-ring (bicyclic) bond motifs is 3. The predicted octanol–water partition coefficient (Wildman–Crippen LogP) is 3.80. The van der Waals surface area contributed by atoms with Gasteiger partial charge >= 0.3 is 0 Å². The summed E-state index contributed by atoms with van der Waals surface area (Å²) < 4.78 is 7.04. The molecule has 1 aromatic carbocycles. The van der Waals surface area contributed by atoms with Crippen molar-refractivity contribution >= 4 is 27.3 Å². The van der Waals surface area contributed by atoms with E-state index in [1.807, 2.05) is 12.1 Å². The summed E-state index contributed by atoms with van der Waals surface area (Å²) in [4.78, 5) is 16.5. The molecule has 2 aliphatic carbocycles. The maximum Gasteiger partial charge on any atom is 0.261 e. The van der Waals surface area contributed by atoms with E-state index in [-0.39, 0.29) is 5.91 Å². The molecule has 3 saturated heterocycles. The molecule has 1 aromatic heterocycles. The Balaban J connectivity index is 1.24. The van der Waals surface area contributed by atoms with Gasteiger partial charge in [0, 0.05) is 10.2 Å². The van der Waals surface area contributed by atoms with Crippen LogP contribution in [0.2, 0.25) is 0 Å². The first kappa shape index (κ1) is 15.5. The van der Waals surface area contributed by atoms with Gasteiger partial charge in [-0.25, -0.2) is 0 Å². The number of benzene rings is 1. The number of rotatable bonds is 4. The monoisotopic (exact) mass is 368 g/mol. The highest BCUT2D eigenvalue weighted by molar-refractivity contribution is 7.20. The number of amides is 1. The molecule has 7 rings (SSSR count). The van der Waals surface area contributed by atoms with Gasteiger partial charge in [0.25, 0.3) is 5.91 Å². The van der Waals surface area contributed by atoms with Crippen LogP contribution in [0.25, 0.3) is 10.1 Å². The van der Waals surface area contributed by atoms with Crippen molar-refractivity contribution in [3.05, 3.63) is 29.1 Å². The van der Waals surface area contributed by atoms with E-state index in [0.29, 0.717) is 23.6 Å². The highest BCUT2D eigenvalue weighted by Gasteiger charge is 2.60. The minimum atomic E-state index is 0.112. The number of ether oxygens (including phenoxy) is 1. The topological polar surface area (TPSA) is 41.6 Å². The van der Waals surface area contributed by atoms with Gasteiger partial charge in [0.1, 0.15) is 5.75 Å². The van der Waals surface area contributed by atoms with Crippen LogP contribution in [-0.4, -0.2) is 41.6 Å². The van der Waals surface area contributed by atoms with Gasteiger partial charge in [-0.1, -0.05) is 0 Å². The first-order valence-corrected chi connectivity index (χ1v) is 10.8. The average molecular weight is 369 g/mol. The van der Waals surface area contributed by atoms with Crippen LogP contribution in [0.15, 0.2) is 24.3 Å². The molecule has 26 heavy (non-hydrogen) atoms. The number of carbonyl (C=O) groups excluding carboxylic acids is 1. The van der Waals surface area contributed by atoms with Crippen LogP contribution in [0.4, 0.5) is 0 Å². The molecule has 4 heterocycles. The number of hydrogen-bond acceptors (Lipinski definition) is 4. The van der Waals surface area contributed by atoms with E-state index < -0.39 is 0 Å². The van der Waals surface area contributed by atoms with Crippen LogP contribution >= 0.6 is 11.3 Å². The molecule has 1 amide bonds. The molecule has 136 valence electrons. The van der Waals surface area contributed by atoms with Gasteiger partial charge in [0.2, 0.25) is 0 Å². The molecule has 4 nitrogen and oxygen atoms in total. The highest BCUT2D eigenvalue weighted by Crippen LogP contribution is 2.53. The van der Waals surface area contributed by atoms with Gasteiger partial charge in [-0.15, -0.1) is 11.3 Å². The van der Waals surface area contributed by atoms with Crippen LogP contribution in [0.1, 0.15) is 48.2 Å². The van der Waals surface area contributed by atoms with Crippen molar-refractivity contribution in [1.29, 1.82) is 0 Å². The van der Waals surface area contributed by atoms with E-state index in [0.717, 1.165) is 33.6 Å². The minimum absolute atomic E-state index is 0.112. The fourth-order valence-electron chi connectivity index (χ4n) is 5.11. The summed E-state index contributed by atoms with van der Waals surface area (Å²) in [5, 5.41) is 4.57. The third kappa shape index (κ3) is 2.40. The predicted molar refractivity (Wildman–Crippen MR) is 103 cm³/mol. The smallest absolute Gasteiger partial charge is 0.261 e. The van der Waals surface area contributed by atoms with Crippen molar-refractivity contribution < 1.29 is 9.53 Å². The molecule has 0 radical (unpaired) electrons. The Morgan fingerprint density at radius 2 is 1.96 bits per heavy atom. The molecule has 5 fully saturated rings. The first-order valence-electron chi connectivity index (χ1n) is 9.97. The van der Waals surface area contributed by atoms with Gasteiger partial charge in [0.05, 0.1) is 17.0 Å². The zero-order chi connectivity index (χ0) is 17.3. The Kier molecular flexibility index (Phi) is 3.25. The van der Waals surface area contributed by atoms with Gasteiger partial charge in [-0.2, -0.15) is 0 Å². The lowest BCUT2D eigenvalue weighted by Crippen LogP contribution is -2.65. The van der Waals surface area contributed by atoms with Crippen molar-refractivity contribution in [3.63, 3.8) is 0 Å². The van der Waals surface area contributed by atoms with Gasteiger partial charge in [-0.3, -0.25) is 9.69 Å². The van der Waals surface area contributed by atoms with Crippen LogP contribution < -0.4 is 10.1 Å². The fourth-order valence-corrected chi connectivity index (χ4v) is 6.10. The molecule has 0 unspecified atom stereocenters. The van der Waals surface area contributed by atoms with Crippen LogP contribution in [-0.2, 0) is 0 Å². The van der Waals surface area contributed by atoms with Crippen LogP contribution in [0.5, 0.6) is 5.75 Å². The van der Waals surface area contributed by atoms with Crippen molar-refractivity contribution in [2.75, 3.05) is 13.1 Å². The summed E-state index contributed by atoms with van der Waals surface area (Å²) in [6, 6.07) is 8.58. The summed E-state index contributed by atoms with van der Waals surface area (Å²) in [7, 11) is 0. The molecule has 5 heteroatoms. The largest absolute Gasteiger partial charge is 0.490 e. The molecule has 1 spiro atoms. The van der Waals surface area contributed by atoms with E-state index in [1.54, 1.807) is 11.3 Å². The lowest BCUT2D eigenvalue weighted by molar-refractivity contribution is -0.00138. The Hall–Kier alpha value is -1.59. The molecule has 1 N–H and O–H groups in total. The number of hydrogen-bond donors (Lipinski definition) is 1. The lowest BCUT2D eigenvalue weighted by atomic mass is 9.77. The van der Waals surface area contributed by atoms with Crippen LogP contribution in [0, 0.1) is 5.92 Å². The standard InChI is InChI=1S/C21H24N2O2S/c24-20(22-19-13-5-9-23(10-6-13)21(19)7-8-21)18-11-14-1-2-16(12-17(14)26-18)25-15-3-4-15/h1-2,11-13,15,19H,3-10H2,(H,22,24)/t19-/m1/s1. The zero-order valence-corrected chi connectivity index (χ0v) is 15.7. The van der Waals surface area contributed by atoms with E-state index in [2.05, 4.69) is 22.3 Å². The second-order valence-corrected chi connectivity index (χ2v) is 9.59. The summed E-state index contributed by atoms with van der Waals surface area (Å²) in [5.74, 6) is 1.71. The summed E-state index contributed by atoms with van der Waals surface area (Å²) >= 11 is 1.59. The quantitative estimate of drug-likeness (QED) is 0.892. The Bertz CT molecular complexity index is 875. The lowest BCUT2D eigenvalue weighted by Gasteiger charge is -2.52. The Labute approximate surface area is 157 Å². The summed E-state index contributed by atoms with van der Waals surface area (Å²) in [5.41, 5.74) is 0.290. The molecule has 1 atom stereocenters. The second-order valence-electron chi connectivity index (χ2n) is 8.51. The van der Waals surface area contributed by atoms with E-state index >= 15 is 0 Å². The van der Waals surface area contributed by atoms with Gasteiger partial charge in [-0.05, 0) is 87.2 Å². The average Bonchev–Trinajstić information content (AvgIpc) is 3.58. The zero-order valence-electron chi connectivity index (χ0n) is 14.9. The number of thiophene rings is 1. The third-order valence-electron chi connectivity index (χ3n) is 6.81. The van der Waals surface area contributed by atoms with Gasteiger partial charge in [0.15, 0.2) is 0 Å². The molecular weight excluding hydrogens is 344 g/mol. The van der Waals surface area contributed by atoms with Crippen LogP contribution in [0.3, 0.4) is 0 Å². The Morgan fingerprint density at radius 3 is 2.69 bits per heavy atom. The van der Waals surface area contributed by atoms with Gasteiger partial charge < -0.3 is 10.1 Å². The number of piperidine rings is 3. The second kappa shape index (κ2) is 5.46. The highest BCUT2D eigenvalue weighted by atomic mass is 32.1. The van der Waals surface area contributed by atoms with E-state index in [9.17, 15) is 4.79 Å². The van der Waals surface area contributed by atoms with Crippen molar-refractivity contribution in [3.8, 4) is 5.75 Å². The van der Waals surface area contributed by atoms with Crippen molar-refractivity contribution in [2.24, 2.45) is 5.92 Å². The van der Waals surface area contributed by atoms with Crippen molar-refractivity contribution in [2.45, 2.75) is 56.2 Å².